The molecular formula is C20H20N4O3S2. The molecule has 2 aromatic rings. The van der Waals surface area contributed by atoms with Gasteiger partial charge in [-0.25, -0.2) is 0 Å². The van der Waals surface area contributed by atoms with Crippen molar-refractivity contribution in [3.8, 4) is 11.5 Å². The molecule has 7 nitrogen and oxygen atoms in total. The molecule has 9 heteroatoms. The zero-order valence-corrected chi connectivity index (χ0v) is 17.3. The van der Waals surface area contributed by atoms with E-state index in [9.17, 15) is 9.90 Å². The lowest BCUT2D eigenvalue weighted by molar-refractivity contribution is -0.124. The number of benzene rings is 2. The number of rotatable bonds is 5. The van der Waals surface area contributed by atoms with Gasteiger partial charge in [0.25, 0.3) is 0 Å². The summed E-state index contributed by atoms with van der Waals surface area (Å²) < 4.78 is 9.53. The molecule has 0 bridgehead atoms. The molecule has 1 saturated heterocycles. The van der Waals surface area contributed by atoms with E-state index >= 15 is 0 Å². The summed E-state index contributed by atoms with van der Waals surface area (Å²) in [7, 11) is 1.48. The van der Waals surface area contributed by atoms with Crippen molar-refractivity contribution in [1.29, 1.82) is 5.41 Å². The van der Waals surface area contributed by atoms with Gasteiger partial charge >= 0.3 is 0 Å². The summed E-state index contributed by atoms with van der Waals surface area (Å²) in [4.78, 5) is 14.4. The van der Waals surface area contributed by atoms with Crippen molar-refractivity contribution in [1.82, 2.24) is 10.2 Å². The molecule has 0 saturated carbocycles. The van der Waals surface area contributed by atoms with Gasteiger partial charge in [-0.1, -0.05) is 48.2 Å². The summed E-state index contributed by atoms with van der Waals surface area (Å²) in [6, 6.07) is 15.1. The zero-order chi connectivity index (χ0) is 20.4. The van der Waals surface area contributed by atoms with Crippen LogP contribution in [0, 0.1) is 11.3 Å². The number of hydrogen-bond donors (Lipinski definition) is 3. The van der Waals surface area contributed by atoms with Crippen molar-refractivity contribution in [2.45, 2.75) is 17.7 Å². The molecular weight excluding hydrogens is 408 g/mol. The first kappa shape index (κ1) is 19.7. The number of phenols is 1. The highest BCUT2D eigenvalue weighted by Gasteiger charge is 2.43. The summed E-state index contributed by atoms with van der Waals surface area (Å²) in [5.74, 6) is 0.492. The molecule has 3 N–H and O–H groups in total. The molecule has 4 rings (SSSR count). The minimum absolute atomic E-state index is 0.0167. The molecule has 0 spiro atoms. The standard InChI is InChI=1S/C20H20N4O3S2/c1-27-16-8-7-13(10-15(16)25)9-14-17(21)24-19(22-18(14)26)29-23-20(24)28-11-12-5-3-2-4-6-12/h2-8,10,14,19,21,25H,9,11H2,1H3,(H,22,26). The van der Waals surface area contributed by atoms with Crippen molar-refractivity contribution in [3.05, 3.63) is 59.7 Å². The van der Waals surface area contributed by atoms with Crippen LogP contribution < -0.4 is 10.1 Å². The molecule has 29 heavy (non-hydrogen) atoms. The number of methoxy groups -OCH3 is 1. The van der Waals surface area contributed by atoms with Crippen molar-refractivity contribution in [2.24, 2.45) is 10.3 Å². The fraction of sp³-hybridized carbons (Fsp3) is 0.250. The number of fused-ring (bicyclic) bond motifs is 1. The molecule has 0 radical (unpaired) electrons. The highest BCUT2D eigenvalue weighted by Crippen LogP contribution is 2.35. The number of hydrogen-bond acceptors (Lipinski definition) is 7. The Kier molecular flexibility index (Phi) is 5.68. The van der Waals surface area contributed by atoms with Crippen LogP contribution in [0.3, 0.4) is 0 Å². The Morgan fingerprint density at radius 3 is 2.79 bits per heavy atom. The number of amides is 1. The van der Waals surface area contributed by atoms with E-state index in [1.54, 1.807) is 34.9 Å². The van der Waals surface area contributed by atoms with Crippen LogP contribution in [0.2, 0.25) is 0 Å². The van der Waals surface area contributed by atoms with Crippen LogP contribution in [-0.2, 0) is 17.0 Å². The number of carbonyl (C=O) groups is 1. The summed E-state index contributed by atoms with van der Waals surface area (Å²) in [6.07, 6.45) is 0.312. The molecule has 1 amide bonds. The van der Waals surface area contributed by atoms with Crippen LogP contribution in [0.15, 0.2) is 52.9 Å². The number of aromatic hydroxyl groups is 1. The fourth-order valence-electron chi connectivity index (χ4n) is 3.23. The van der Waals surface area contributed by atoms with Gasteiger partial charge in [0.15, 0.2) is 22.2 Å². The third-order valence-corrected chi connectivity index (χ3v) is 6.68. The Balaban J connectivity index is 1.48. The monoisotopic (exact) mass is 428 g/mol. The number of carbonyl (C=O) groups excluding carboxylic acids is 1. The van der Waals surface area contributed by atoms with Crippen molar-refractivity contribution >= 4 is 40.6 Å². The second kappa shape index (κ2) is 8.38. The lowest BCUT2D eigenvalue weighted by atomic mass is 9.95. The van der Waals surface area contributed by atoms with Crippen LogP contribution in [0.5, 0.6) is 11.5 Å². The predicted octanol–water partition coefficient (Wildman–Crippen LogP) is 3.20. The molecule has 2 atom stereocenters. The first-order chi connectivity index (χ1) is 14.1. The largest absolute Gasteiger partial charge is 0.504 e. The van der Waals surface area contributed by atoms with Gasteiger partial charge in [-0.15, -0.1) is 0 Å². The van der Waals surface area contributed by atoms with Crippen LogP contribution in [-0.4, -0.2) is 39.5 Å². The summed E-state index contributed by atoms with van der Waals surface area (Å²) >= 11 is 2.81. The lowest BCUT2D eigenvalue weighted by Gasteiger charge is -2.36. The van der Waals surface area contributed by atoms with Gasteiger partial charge in [0.2, 0.25) is 5.91 Å². The Hall–Kier alpha value is -2.65. The summed E-state index contributed by atoms with van der Waals surface area (Å²) in [5.41, 5.74) is 1.55. The van der Waals surface area contributed by atoms with Gasteiger partial charge in [0.1, 0.15) is 5.84 Å². The van der Waals surface area contributed by atoms with Gasteiger partial charge in [0, 0.05) is 17.7 Å². The summed E-state index contributed by atoms with van der Waals surface area (Å²) in [5, 5.41) is 22.3. The molecule has 150 valence electrons. The SMILES string of the molecule is COc1ccc(CC2C(=N)N3C(SCc4ccccc4)=NSC3NC2=O)cc1O. The van der Waals surface area contributed by atoms with Gasteiger partial charge in [-0.05, 0) is 29.7 Å². The second-order valence-corrected chi connectivity index (χ2v) is 8.42. The number of phenolic OH excluding ortho intramolecular Hbond substituents is 1. The maximum absolute atomic E-state index is 12.6. The van der Waals surface area contributed by atoms with Gasteiger partial charge in [-0.2, -0.15) is 4.40 Å². The van der Waals surface area contributed by atoms with E-state index in [1.165, 1.54) is 24.6 Å². The smallest absolute Gasteiger partial charge is 0.233 e. The van der Waals surface area contributed by atoms with E-state index < -0.39 is 5.92 Å². The van der Waals surface area contributed by atoms with E-state index in [1.807, 2.05) is 18.2 Å². The third-order valence-electron chi connectivity index (χ3n) is 4.74. The summed E-state index contributed by atoms with van der Waals surface area (Å²) in [6.45, 7) is 0. The normalized spacial score (nSPS) is 20.9. The molecule has 2 aromatic carbocycles. The van der Waals surface area contributed by atoms with E-state index in [4.69, 9.17) is 10.1 Å². The average molecular weight is 429 g/mol. The van der Waals surface area contributed by atoms with Crippen LogP contribution in [0.1, 0.15) is 11.1 Å². The van der Waals surface area contributed by atoms with E-state index in [-0.39, 0.29) is 23.0 Å². The van der Waals surface area contributed by atoms with Crippen LogP contribution in [0.25, 0.3) is 0 Å². The molecule has 2 heterocycles. The zero-order valence-electron chi connectivity index (χ0n) is 15.7. The molecule has 2 aliphatic rings. The van der Waals surface area contributed by atoms with Gasteiger partial charge < -0.3 is 15.2 Å². The van der Waals surface area contributed by atoms with Crippen molar-refractivity contribution < 1.29 is 14.6 Å². The van der Waals surface area contributed by atoms with Crippen molar-refractivity contribution in [2.75, 3.05) is 7.11 Å². The molecule has 2 unspecified atom stereocenters. The minimum Gasteiger partial charge on any atom is -0.504 e. The third kappa shape index (κ3) is 4.06. The topological polar surface area (TPSA) is 98.0 Å². The average Bonchev–Trinajstić information content (AvgIpc) is 3.13. The Bertz CT molecular complexity index is 967. The Morgan fingerprint density at radius 1 is 1.28 bits per heavy atom. The van der Waals surface area contributed by atoms with Gasteiger partial charge in [-0.3, -0.25) is 15.1 Å². The maximum Gasteiger partial charge on any atom is 0.233 e. The Labute approximate surface area is 177 Å². The van der Waals surface area contributed by atoms with Crippen molar-refractivity contribution in [3.63, 3.8) is 0 Å². The molecule has 0 aliphatic carbocycles. The van der Waals surface area contributed by atoms with Crippen LogP contribution >= 0.6 is 23.7 Å². The number of nitrogens with one attached hydrogen (secondary N) is 2. The molecule has 0 aromatic heterocycles. The minimum atomic E-state index is -0.653. The number of nitrogens with zero attached hydrogens (tertiary/aromatic N) is 2. The fourth-order valence-corrected chi connectivity index (χ4v) is 5.22. The second-order valence-electron chi connectivity index (χ2n) is 6.63. The first-order valence-electron chi connectivity index (χ1n) is 9.01. The highest BCUT2D eigenvalue weighted by atomic mass is 32.2. The molecule has 2 aliphatic heterocycles. The first-order valence-corrected chi connectivity index (χ1v) is 10.8. The quantitative estimate of drug-likeness (QED) is 0.633. The van der Waals surface area contributed by atoms with Gasteiger partial charge in [0.05, 0.1) is 13.0 Å². The van der Waals surface area contributed by atoms with E-state index in [0.29, 0.717) is 12.2 Å². The van der Waals surface area contributed by atoms with E-state index in [0.717, 1.165) is 16.5 Å². The van der Waals surface area contributed by atoms with Crippen LogP contribution in [0.4, 0.5) is 0 Å². The van der Waals surface area contributed by atoms with E-state index in [2.05, 4.69) is 21.8 Å². The number of ether oxygens (including phenoxy) is 1. The Morgan fingerprint density at radius 2 is 2.07 bits per heavy atom. The number of amidine groups is 2. The molecule has 1 fully saturated rings. The highest BCUT2D eigenvalue weighted by molar-refractivity contribution is 8.14. The maximum atomic E-state index is 12.6. The predicted molar refractivity (Wildman–Crippen MR) is 116 cm³/mol. The number of thioether (sulfide) groups is 1. The lowest BCUT2D eigenvalue weighted by Crippen LogP contribution is -2.59.